The zero-order chi connectivity index (χ0) is 11.8. The summed E-state index contributed by atoms with van der Waals surface area (Å²) in [5.41, 5.74) is 6.06. The summed E-state index contributed by atoms with van der Waals surface area (Å²) in [7, 11) is 0. The van der Waals surface area contributed by atoms with Crippen LogP contribution in [0, 0.1) is 6.92 Å². The minimum absolute atomic E-state index is 0.0832. The Labute approximate surface area is 99.2 Å². The fourth-order valence-corrected chi connectivity index (χ4v) is 1.94. The predicted octanol–water partition coefficient (Wildman–Crippen LogP) is 4.34. The Kier molecular flexibility index (Phi) is 6.24. The molecule has 2 heteroatoms. The quantitative estimate of drug-likeness (QED) is 0.666. The maximum atomic E-state index is 6.06. The van der Waals surface area contributed by atoms with Crippen molar-refractivity contribution in [1.82, 2.24) is 0 Å². The molecule has 16 heavy (non-hydrogen) atoms. The molecule has 0 fully saturated rings. The minimum atomic E-state index is 0.0832. The highest BCUT2D eigenvalue weighted by molar-refractivity contribution is 5.08. The first-order valence-corrected chi connectivity index (χ1v) is 6.56. The van der Waals surface area contributed by atoms with E-state index >= 15 is 0 Å². The van der Waals surface area contributed by atoms with E-state index in [4.69, 9.17) is 10.2 Å². The third-order valence-electron chi connectivity index (χ3n) is 3.00. The van der Waals surface area contributed by atoms with Gasteiger partial charge in [-0.2, -0.15) is 0 Å². The molecule has 0 bridgehead atoms. The first kappa shape index (κ1) is 13.3. The lowest BCUT2D eigenvalue weighted by molar-refractivity contribution is 0.424. The fraction of sp³-hybridized carbons (Fsp3) is 0.714. The molecule has 0 spiro atoms. The Hall–Kier alpha value is -0.760. The summed E-state index contributed by atoms with van der Waals surface area (Å²) in [6.45, 7) is 4.20. The zero-order valence-corrected chi connectivity index (χ0v) is 10.7. The maximum absolute atomic E-state index is 6.06. The monoisotopic (exact) mass is 223 g/mol. The van der Waals surface area contributed by atoms with Gasteiger partial charge in [0.05, 0.1) is 6.04 Å². The Morgan fingerprint density at radius 1 is 1.12 bits per heavy atom. The van der Waals surface area contributed by atoms with Crippen LogP contribution in [-0.4, -0.2) is 0 Å². The molecule has 1 unspecified atom stereocenters. The third kappa shape index (κ3) is 4.84. The number of aryl methyl sites for hydroxylation is 1. The number of rotatable bonds is 8. The first-order valence-electron chi connectivity index (χ1n) is 6.56. The lowest BCUT2D eigenvalue weighted by Gasteiger charge is -2.08. The van der Waals surface area contributed by atoms with Crippen molar-refractivity contribution in [1.29, 1.82) is 0 Å². The Bertz CT molecular complexity index is 280. The number of hydrogen-bond acceptors (Lipinski definition) is 2. The van der Waals surface area contributed by atoms with Crippen LogP contribution < -0.4 is 5.73 Å². The van der Waals surface area contributed by atoms with Gasteiger partial charge in [-0.1, -0.05) is 45.4 Å². The van der Waals surface area contributed by atoms with Gasteiger partial charge in [0.15, 0.2) is 0 Å². The SMILES string of the molecule is CCCCCCCCC(N)c1ccc(C)o1. The van der Waals surface area contributed by atoms with Crippen molar-refractivity contribution >= 4 is 0 Å². The summed E-state index contributed by atoms with van der Waals surface area (Å²) in [4.78, 5) is 0. The van der Waals surface area contributed by atoms with Crippen molar-refractivity contribution in [2.75, 3.05) is 0 Å². The van der Waals surface area contributed by atoms with Crippen LogP contribution in [0.25, 0.3) is 0 Å². The lowest BCUT2D eigenvalue weighted by atomic mass is 10.0. The molecule has 0 saturated heterocycles. The van der Waals surface area contributed by atoms with Crippen molar-refractivity contribution in [3.63, 3.8) is 0 Å². The van der Waals surface area contributed by atoms with Crippen LogP contribution >= 0.6 is 0 Å². The van der Waals surface area contributed by atoms with E-state index in [1.807, 2.05) is 19.1 Å². The van der Waals surface area contributed by atoms with E-state index in [1.54, 1.807) is 0 Å². The van der Waals surface area contributed by atoms with Crippen LogP contribution in [0.5, 0.6) is 0 Å². The first-order chi connectivity index (χ1) is 7.74. The van der Waals surface area contributed by atoms with Crippen molar-refractivity contribution in [2.24, 2.45) is 5.73 Å². The van der Waals surface area contributed by atoms with Gasteiger partial charge < -0.3 is 10.2 Å². The number of nitrogens with two attached hydrogens (primary N) is 1. The number of hydrogen-bond donors (Lipinski definition) is 1. The summed E-state index contributed by atoms with van der Waals surface area (Å²) >= 11 is 0. The van der Waals surface area contributed by atoms with Crippen LogP contribution in [0.4, 0.5) is 0 Å². The Morgan fingerprint density at radius 2 is 1.81 bits per heavy atom. The van der Waals surface area contributed by atoms with Crippen molar-refractivity contribution in [3.8, 4) is 0 Å². The highest BCUT2D eigenvalue weighted by Crippen LogP contribution is 2.20. The van der Waals surface area contributed by atoms with Gasteiger partial charge in [0.25, 0.3) is 0 Å². The molecule has 0 aliphatic carbocycles. The summed E-state index contributed by atoms with van der Waals surface area (Å²) in [6, 6.07) is 4.06. The molecule has 0 aromatic carbocycles. The molecule has 1 aromatic rings. The zero-order valence-electron chi connectivity index (χ0n) is 10.7. The van der Waals surface area contributed by atoms with E-state index in [-0.39, 0.29) is 6.04 Å². The van der Waals surface area contributed by atoms with E-state index < -0.39 is 0 Å². The summed E-state index contributed by atoms with van der Waals surface area (Å²) in [5.74, 6) is 1.89. The van der Waals surface area contributed by atoms with Gasteiger partial charge in [-0.3, -0.25) is 0 Å². The number of furan rings is 1. The average Bonchev–Trinajstić information content (AvgIpc) is 2.70. The lowest BCUT2D eigenvalue weighted by Crippen LogP contribution is -2.08. The van der Waals surface area contributed by atoms with E-state index in [2.05, 4.69) is 6.92 Å². The van der Waals surface area contributed by atoms with Gasteiger partial charge >= 0.3 is 0 Å². The second-order valence-corrected chi connectivity index (χ2v) is 4.61. The molecule has 0 amide bonds. The van der Waals surface area contributed by atoms with Crippen molar-refractivity contribution < 1.29 is 4.42 Å². The molecule has 0 aliphatic rings. The molecular formula is C14H25NO. The van der Waals surface area contributed by atoms with Crippen LogP contribution in [0.3, 0.4) is 0 Å². The molecule has 92 valence electrons. The largest absolute Gasteiger partial charge is 0.465 e. The van der Waals surface area contributed by atoms with Gasteiger partial charge in [-0.05, 0) is 25.5 Å². The van der Waals surface area contributed by atoms with Crippen molar-refractivity contribution in [3.05, 3.63) is 23.7 Å². The molecule has 2 N–H and O–H groups in total. The van der Waals surface area contributed by atoms with E-state index in [0.29, 0.717) is 0 Å². The van der Waals surface area contributed by atoms with E-state index in [9.17, 15) is 0 Å². The third-order valence-corrected chi connectivity index (χ3v) is 3.00. The molecule has 0 aliphatic heterocycles. The van der Waals surface area contributed by atoms with Gasteiger partial charge in [-0.25, -0.2) is 0 Å². The van der Waals surface area contributed by atoms with Gasteiger partial charge in [0.1, 0.15) is 11.5 Å². The molecule has 1 heterocycles. The fourth-order valence-electron chi connectivity index (χ4n) is 1.94. The van der Waals surface area contributed by atoms with Crippen LogP contribution in [0.15, 0.2) is 16.5 Å². The number of unbranched alkanes of at least 4 members (excludes halogenated alkanes) is 5. The molecule has 0 saturated carbocycles. The topological polar surface area (TPSA) is 39.2 Å². The smallest absolute Gasteiger partial charge is 0.120 e. The maximum Gasteiger partial charge on any atom is 0.120 e. The van der Waals surface area contributed by atoms with E-state index in [1.165, 1.54) is 38.5 Å². The van der Waals surface area contributed by atoms with Gasteiger partial charge in [0, 0.05) is 0 Å². The molecular weight excluding hydrogens is 198 g/mol. The van der Waals surface area contributed by atoms with Crippen LogP contribution in [0.1, 0.15) is 69.4 Å². The minimum Gasteiger partial charge on any atom is -0.465 e. The molecule has 2 nitrogen and oxygen atoms in total. The molecule has 1 rings (SSSR count). The average molecular weight is 223 g/mol. The predicted molar refractivity (Wildman–Crippen MR) is 68.4 cm³/mol. The van der Waals surface area contributed by atoms with Crippen LogP contribution in [-0.2, 0) is 0 Å². The molecule has 0 radical (unpaired) electrons. The Morgan fingerprint density at radius 3 is 2.44 bits per heavy atom. The highest BCUT2D eigenvalue weighted by atomic mass is 16.3. The second-order valence-electron chi connectivity index (χ2n) is 4.61. The molecule has 1 atom stereocenters. The van der Waals surface area contributed by atoms with E-state index in [0.717, 1.165) is 17.9 Å². The van der Waals surface area contributed by atoms with Crippen molar-refractivity contribution in [2.45, 2.75) is 64.8 Å². The highest BCUT2D eigenvalue weighted by Gasteiger charge is 2.08. The summed E-state index contributed by atoms with van der Waals surface area (Å²) < 4.78 is 5.52. The Balaban J connectivity index is 2.09. The molecule has 1 aromatic heterocycles. The second kappa shape index (κ2) is 7.50. The van der Waals surface area contributed by atoms with Gasteiger partial charge in [0.2, 0.25) is 0 Å². The van der Waals surface area contributed by atoms with Gasteiger partial charge in [-0.15, -0.1) is 0 Å². The van der Waals surface area contributed by atoms with Crippen LogP contribution in [0.2, 0.25) is 0 Å². The normalized spacial score (nSPS) is 12.9. The summed E-state index contributed by atoms with van der Waals surface area (Å²) in [5, 5.41) is 0. The summed E-state index contributed by atoms with van der Waals surface area (Å²) in [6.07, 6.45) is 8.94. The standard InChI is InChI=1S/C14H25NO/c1-3-4-5-6-7-8-9-13(15)14-11-10-12(2)16-14/h10-11,13H,3-9,15H2,1-2H3.